The first-order chi connectivity index (χ1) is 7.16. The zero-order chi connectivity index (χ0) is 10.8. The van der Waals surface area contributed by atoms with Gasteiger partial charge in [-0.2, -0.15) is 0 Å². The molecular weight excluding hydrogens is 215 g/mol. The quantitative estimate of drug-likeness (QED) is 0.779. The van der Waals surface area contributed by atoms with E-state index < -0.39 is 5.82 Å². The molecule has 0 aliphatic carbocycles. The molecule has 1 radical (unpaired) electrons. The Labute approximate surface area is 91.8 Å². The van der Waals surface area contributed by atoms with Crippen molar-refractivity contribution in [2.24, 2.45) is 0 Å². The minimum absolute atomic E-state index is 0.146. The van der Waals surface area contributed by atoms with Gasteiger partial charge in [0.15, 0.2) is 0 Å². The second-order valence-electron chi connectivity index (χ2n) is 3.08. The van der Waals surface area contributed by atoms with Gasteiger partial charge >= 0.3 is 0 Å². The summed E-state index contributed by atoms with van der Waals surface area (Å²) >= 11 is 5.84. The van der Waals surface area contributed by atoms with E-state index in [1.54, 1.807) is 30.3 Å². The van der Waals surface area contributed by atoms with Crippen LogP contribution in [0.3, 0.4) is 0 Å². The fourth-order valence-corrected chi connectivity index (χ4v) is 1.60. The summed E-state index contributed by atoms with van der Waals surface area (Å²) in [7, 11) is 0. The molecule has 0 aliphatic heterocycles. The van der Waals surface area contributed by atoms with Crippen molar-refractivity contribution in [3.05, 3.63) is 53.3 Å². The molecule has 0 unspecified atom stereocenters. The van der Waals surface area contributed by atoms with Crippen molar-refractivity contribution in [2.75, 3.05) is 0 Å². The molecule has 0 aliphatic rings. The van der Waals surface area contributed by atoms with Crippen LogP contribution in [0.15, 0.2) is 36.4 Å². The van der Waals surface area contributed by atoms with Crippen LogP contribution in [0, 0.1) is 11.9 Å². The Morgan fingerprint density at radius 2 is 2.00 bits per heavy atom. The number of halogens is 2. The van der Waals surface area contributed by atoms with E-state index in [4.69, 9.17) is 11.6 Å². The first-order valence-corrected chi connectivity index (χ1v) is 4.71. The fourth-order valence-electron chi connectivity index (χ4n) is 1.34. The van der Waals surface area contributed by atoms with E-state index in [1.165, 1.54) is 6.07 Å². The van der Waals surface area contributed by atoms with Crippen molar-refractivity contribution in [1.82, 2.24) is 0 Å². The Kier molecular flexibility index (Phi) is 2.60. The van der Waals surface area contributed by atoms with Gasteiger partial charge in [0, 0.05) is 11.6 Å². The molecule has 1 nitrogen and oxygen atoms in total. The summed E-state index contributed by atoms with van der Waals surface area (Å²) in [5.74, 6) is -0.350. The monoisotopic (exact) mass is 221 g/mol. The van der Waals surface area contributed by atoms with E-state index in [1.807, 2.05) is 0 Å². The van der Waals surface area contributed by atoms with Crippen molar-refractivity contribution < 1.29 is 9.50 Å². The van der Waals surface area contributed by atoms with E-state index in [2.05, 4.69) is 6.07 Å². The minimum Gasteiger partial charge on any atom is -0.508 e. The van der Waals surface area contributed by atoms with Crippen LogP contribution in [0.5, 0.6) is 5.75 Å². The molecule has 0 saturated heterocycles. The van der Waals surface area contributed by atoms with E-state index in [0.717, 1.165) is 5.56 Å². The summed E-state index contributed by atoms with van der Waals surface area (Å²) in [6.07, 6.45) is 0. The van der Waals surface area contributed by atoms with Crippen LogP contribution in [0.1, 0.15) is 0 Å². The average molecular weight is 222 g/mol. The number of rotatable bonds is 1. The van der Waals surface area contributed by atoms with Gasteiger partial charge in [-0.15, -0.1) is 0 Å². The molecule has 2 aromatic rings. The molecule has 0 saturated carbocycles. The van der Waals surface area contributed by atoms with Gasteiger partial charge in [-0.05, 0) is 29.8 Å². The molecule has 3 heteroatoms. The summed E-state index contributed by atoms with van der Waals surface area (Å²) in [5, 5.41) is 9.50. The van der Waals surface area contributed by atoms with Gasteiger partial charge in [0.2, 0.25) is 0 Å². The Hall–Kier alpha value is -1.54. The SMILES string of the molecule is Oc1cccc(-c2ccc(F)[c]c2Cl)c1. The predicted molar refractivity (Wildman–Crippen MR) is 57.3 cm³/mol. The molecule has 1 N–H and O–H groups in total. The third-order valence-electron chi connectivity index (χ3n) is 2.02. The number of hydrogen-bond donors (Lipinski definition) is 1. The van der Waals surface area contributed by atoms with Gasteiger partial charge in [-0.1, -0.05) is 23.7 Å². The van der Waals surface area contributed by atoms with Crippen molar-refractivity contribution in [3.63, 3.8) is 0 Å². The lowest BCUT2D eigenvalue weighted by molar-refractivity contribution is 0.475. The highest BCUT2D eigenvalue weighted by molar-refractivity contribution is 6.33. The van der Waals surface area contributed by atoms with E-state index in [0.29, 0.717) is 5.56 Å². The normalized spacial score (nSPS) is 10.3. The lowest BCUT2D eigenvalue weighted by Crippen LogP contribution is -1.82. The molecule has 2 rings (SSSR count). The summed E-state index contributed by atoms with van der Waals surface area (Å²) in [6, 6.07) is 11.8. The highest BCUT2D eigenvalue weighted by atomic mass is 35.5. The van der Waals surface area contributed by atoms with Gasteiger partial charge < -0.3 is 5.11 Å². The average Bonchev–Trinajstić information content (AvgIpc) is 2.17. The zero-order valence-corrected chi connectivity index (χ0v) is 8.42. The van der Waals surface area contributed by atoms with Crippen LogP contribution in [0.4, 0.5) is 4.39 Å². The number of phenols is 1. The Morgan fingerprint density at radius 3 is 2.67 bits per heavy atom. The Morgan fingerprint density at radius 1 is 1.20 bits per heavy atom. The Balaban J connectivity index is 2.54. The molecule has 0 spiro atoms. The highest BCUT2D eigenvalue weighted by Crippen LogP contribution is 2.29. The molecule has 15 heavy (non-hydrogen) atoms. The van der Waals surface area contributed by atoms with Crippen molar-refractivity contribution in [2.45, 2.75) is 0 Å². The largest absolute Gasteiger partial charge is 0.508 e. The summed E-state index contributed by atoms with van der Waals surface area (Å²) in [5.41, 5.74) is 1.38. The molecule has 0 atom stereocenters. The number of hydrogen-bond acceptors (Lipinski definition) is 1. The van der Waals surface area contributed by atoms with E-state index in [-0.39, 0.29) is 10.8 Å². The van der Waals surface area contributed by atoms with Crippen molar-refractivity contribution in [3.8, 4) is 16.9 Å². The molecule has 0 fully saturated rings. The van der Waals surface area contributed by atoms with E-state index >= 15 is 0 Å². The molecule has 0 bridgehead atoms. The van der Waals surface area contributed by atoms with Gasteiger partial charge in [-0.25, -0.2) is 4.39 Å². The smallest absolute Gasteiger partial charge is 0.132 e. The lowest BCUT2D eigenvalue weighted by Gasteiger charge is -2.04. The number of phenolic OH excluding ortho intramolecular Hbond substituents is 1. The van der Waals surface area contributed by atoms with Crippen LogP contribution >= 0.6 is 11.6 Å². The van der Waals surface area contributed by atoms with E-state index in [9.17, 15) is 9.50 Å². The predicted octanol–water partition coefficient (Wildman–Crippen LogP) is 3.65. The molecular formula is C12H7ClFO. The third kappa shape index (κ3) is 2.10. The van der Waals surface area contributed by atoms with Gasteiger partial charge in [0.25, 0.3) is 0 Å². The van der Waals surface area contributed by atoms with Crippen LogP contribution in [0.2, 0.25) is 5.02 Å². The second kappa shape index (κ2) is 3.91. The van der Waals surface area contributed by atoms with Gasteiger partial charge in [0.05, 0.1) is 5.02 Å². The maximum atomic E-state index is 12.8. The van der Waals surface area contributed by atoms with Crippen molar-refractivity contribution >= 4 is 11.6 Å². The van der Waals surface area contributed by atoms with Crippen LogP contribution in [-0.2, 0) is 0 Å². The molecule has 0 amide bonds. The third-order valence-corrected chi connectivity index (χ3v) is 2.32. The summed E-state index contributed by atoms with van der Waals surface area (Å²) in [4.78, 5) is 0. The second-order valence-corrected chi connectivity index (χ2v) is 3.46. The van der Waals surface area contributed by atoms with Gasteiger partial charge in [0.1, 0.15) is 11.6 Å². The molecule has 0 heterocycles. The Bertz CT molecular complexity index is 497. The fraction of sp³-hybridized carbons (Fsp3) is 0. The first kappa shape index (κ1) is 9.99. The van der Waals surface area contributed by atoms with Crippen LogP contribution in [-0.4, -0.2) is 5.11 Å². The van der Waals surface area contributed by atoms with Crippen LogP contribution < -0.4 is 0 Å². The van der Waals surface area contributed by atoms with Gasteiger partial charge in [-0.3, -0.25) is 0 Å². The zero-order valence-electron chi connectivity index (χ0n) is 7.67. The maximum Gasteiger partial charge on any atom is 0.132 e. The highest BCUT2D eigenvalue weighted by Gasteiger charge is 2.05. The van der Waals surface area contributed by atoms with Crippen molar-refractivity contribution in [1.29, 1.82) is 0 Å². The standard InChI is InChI=1S/C12H7ClFO/c13-12-7-9(14)4-5-11(12)8-2-1-3-10(15)6-8/h1-6,15H. The number of aromatic hydroxyl groups is 1. The molecule has 0 aromatic heterocycles. The minimum atomic E-state index is -0.496. The summed E-state index contributed by atoms with van der Waals surface area (Å²) in [6.45, 7) is 0. The topological polar surface area (TPSA) is 20.2 Å². The number of benzene rings is 2. The first-order valence-electron chi connectivity index (χ1n) is 4.33. The maximum absolute atomic E-state index is 12.8. The molecule has 2 aromatic carbocycles. The van der Waals surface area contributed by atoms with Crippen LogP contribution in [0.25, 0.3) is 11.1 Å². The molecule has 75 valence electrons. The summed E-state index contributed by atoms with van der Waals surface area (Å²) < 4.78 is 12.8. The lowest BCUT2D eigenvalue weighted by atomic mass is 10.1.